The van der Waals surface area contributed by atoms with Gasteiger partial charge >= 0.3 is 0 Å². The second-order valence-corrected chi connectivity index (χ2v) is 27.1. The van der Waals surface area contributed by atoms with Gasteiger partial charge in [0.25, 0.3) is 0 Å². The highest BCUT2D eigenvalue weighted by Gasteiger charge is 2.26. The molecule has 21 rings (SSSR count). The lowest BCUT2D eigenvalue weighted by atomic mass is 9.81. The molecule has 472 valence electrons. The van der Waals surface area contributed by atoms with Crippen molar-refractivity contribution < 1.29 is 8.83 Å². The van der Waals surface area contributed by atoms with Crippen molar-refractivity contribution in [2.24, 2.45) is 0 Å². The maximum Gasteiger partial charge on any atom is 0.143 e. The summed E-state index contributed by atoms with van der Waals surface area (Å²) in [6, 6.07) is 134. The van der Waals surface area contributed by atoms with Crippen molar-refractivity contribution in [1.82, 2.24) is 0 Å². The van der Waals surface area contributed by atoms with Gasteiger partial charge in [0, 0.05) is 27.1 Å². The van der Waals surface area contributed by atoms with Crippen molar-refractivity contribution in [2.45, 2.75) is 0 Å². The largest absolute Gasteiger partial charge is 0.456 e. The third kappa shape index (κ3) is 9.00. The summed E-state index contributed by atoms with van der Waals surface area (Å²) in [7, 11) is 0. The molecule has 2 aromatic heterocycles. The first-order chi connectivity index (χ1) is 50.6. The average molecular weight is 1290 g/mol. The molecule has 0 atom stereocenters. The zero-order chi connectivity index (χ0) is 66.9. The van der Waals surface area contributed by atoms with Crippen LogP contribution in [0.1, 0.15) is 0 Å². The zero-order valence-electron chi connectivity index (χ0n) is 55.5. The summed E-state index contributed by atoms with van der Waals surface area (Å²) in [6.45, 7) is 0. The molecule has 0 amide bonds. The van der Waals surface area contributed by atoms with Gasteiger partial charge in [-0.05, 0) is 219 Å². The smallest absolute Gasteiger partial charge is 0.143 e. The molecule has 0 aliphatic rings. The predicted molar refractivity (Wildman–Crippen MR) is 432 cm³/mol. The van der Waals surface area contributed by atoms with Crippen LogP contribution in [0.25, 0.3) is 219 Å². The van der Waals surface area contributed by atoms with E-state index in [1.54, 1.807) is 0 Å². The number of benzene rings is 19. The summed E-state index contributed by atoms with van der Waals surface area (Å²) in [5, 5.41) is 21.1. The molecular weight excluding hydrogens is 1230 g/mol. The summed E-state index contributed by atoms with van der Waals surface area (Å²) in [4.78, 5) is 0. The van der Waals surface area contributed by atoms with Crippen LogP contribution in [0.2, 0.25) is 0 Å². The fourth-order valence-electron chi connectivity index (χ4n) is 17.2. The lowest BCUT2D eigenvalue weighted by Gasteiger charge is -2.22. The number of furan rings is 2. The molecule has 19 aromatic carbocycles. The van der Waals surface area contributed by atoms with E-state index in [0.717, 1.165) is 99.2 Å². The van der Waals surface area contributed by atoms with Gasteiger partial charge in [0.2, 0.25) is 0 Å². The minimum absolute atomic E-state index is 0.851. The van der Waals surface area contributed by atoms with Gasteiger partial charge in [0.1, 0.15) is 22.3 Å². The van der Waals surface area contributed by atoms with E-state index in [2.05, 4.69) is 364 Å². The Labute approximate surface area is 588 Å². The molecule has 102 heavy (non-hydrogen) atoms. The Bertz CT molecular complexity index is 6940. The monoisotopic (exact) mass is 1290 g/mol. The van der Waals surface area contributed by atoms with E-state index >= 15 is 0 Å². The topological polar surface area (TPSA) is 26.3 Å². The second kappa shape index (κ2) is 23.1. The van der Waals surface area contributed by atoms with E-state index in [-0.39, 0.29) is 0 Å². The third-order valence-electron chi connectivity index (χ3n) is 21.6. The third-order valence-corrected chi connectivity index (χ3v) is 21.6. The molecule has 0 aliphatic carbocycles. The van der Waals surface area contributed by atoms with Gasteiger partial charge in [-0.15, -0.1) is 0 Å². The van der Waals surface area contributed by atoms with Gasteiger partial charge in [0.05, 0.1) is 0 Å². The second-order valence-electron chi connectivity index (χ2n) is 27.1. The lowest BCUT2D eigenvalue weighted by molar-refractivity contribution is 0.669. The van der Waals surface area contributed by atoms with E-state index in [4.69, 9.17) is 8.83 Å². The summed E-state index contributed by atoms with van der Waals surface area (Å²) in [5.74, 6) is 0. The molecule has 0 saturated carbocycles. The van der Waals surface area contributed by atoms with Crippen molar-refractivity contribution >= 4 is 119 Å². The lowest BCUT2D eigenvalue weighted by Crippen LogP contribution is -1.95. The standard InChI is InChI=1S/C100H60O2/c1-2-25-63(26-3-1)87-60-95-91(74-36-20-21-50-93(74)101-95)59-92(87)99-82-44-18-16-42-80(82)98(81-43-17-19-45-83(81)99)84-53-51-64(56-89(84)72-47-23-31-62-28-5-8-33-69(62)72)67-55-65-29-6-9-34-70(65)88(58-67)85-48-24-49-86-90-57-66(52-54-94(90)102-100(85)86)96-76-38-12-14-40-78(76)97(79-41-15-13-39-77(79)96)75-37-11-10-35-73(75)71-46-22-30-61-27-4-7-32-68(61)71/h1-60H. The van der Waals surface area contributed by atoms with Crippen LogP contribution in [-0.4, -0.2) is 0 Å². The SMILES string of the molecule is c1ccc(-c2cc3oc4ccccc4c3cc2-c2c3ccccc3c(-c3ccc(-c4cc(-c5cccc6c5oc5ccc(-c7c8ccccc8c(-c8ccccc8-c8cccc9ccccc89)c8ccccc78)cc56)c5ccccc5c4)cc3-c3cccc4ccccc34)c3ccccc23)cc1. The predicted octanol–water partition coefficient (Wildman–Crippen LogP) is 28.6. The molecule has 0 N–H and O–H groups in total. The molecule has 0 fully saturated rings. The van der Waals surface area contributed by atoms with E-state index < -0.39 is 0 Å². The van der Waals surface area contributed by atoms with Crippen LogP contribution in [0.3, 0.4) is 0 Å². The number of fused-ring (bicyclic) bond motifs is 13. The first kappa shape index (κ1) is 57.6. The molecule has 0 radical (unpaired) electrons. The molecule has 2 nitrogen and oxygen atoms in total. The van der Waals surface area contributed by atoms with E-state index in [9.17, 15) is 0 Å². The van der Waals surface area contributed by atoms with Gasteiger partial charge in [-0.25, -0.2) is 0 Å². The van der Waals surface area contributed by atoms with Crippen molar-refractivity contribution in [3.8, 4) is 100 Å². The highest BCUT2D eigenvalue weighted by atomic mass is 16.3. The number of rotatable bonds is 9. The maximum atomic E-state index is 7.21. The van der Waals surface area contributed by atoms with Crippen LogP contribution in [0.5, 0.6) is 0 Å². The first-order valence-corrected chi connectivity index (χ1v) is 35.2. The minimum atomic E-state index is 0.851. The zero-order valence-corrected chi connectivity index (χ0v) is 55.5. The minimum Gasteiger partial charge on any atom is -0.456 e. The molecule has 2 heterocycles. The Hall–Kier alpha value is -13.4. The van der Waals surface area contributed by atoms with Crippen molar-refractivity contribution in [3.05, 3.63) is 364 Å². The Morgan fingerprint density at radius 1 is 0.137 bits per heavy atom. The van der Waals surface area contributed by atoms with Crippen LogP contribution >= 0.6 is 0 Å². The summed E-state index contributed by atoms with van der Waals surface area (Å²) in [5.41, 5.74) is 24.5. The molecule has 21 aromatic rings. The molecule has 2 heteroatoms. The summed E-state index contributed by atoms with van der Waals surface area (Å²) >= 11 is 0. The van der Waals surface area contributed by atoms with Gasteiger partial charge in [-0.1, -0.05) is 315 Å². The van der Waals surface area contributed by atoms with Crippen LogP contribution < -0.4 is 0 Å². The van der Waals surface area contributed by atoms with E-state index in [0.29, 0.717) is 0 Å². The van der Waals surface area contributed by atoms with Crippen molar-refractivity contribution in [2.75, 3.05) is 0 Å². The number of para-hydroxylation sites is 2. The summed E-state index contributed by atoms with van der Waals surface area (Å²) in [6.07, 6.45) is 0. The fraction of sp³-hybridized carbons (Fsp3) is 0. The molecule has 0 aliphatic heterocycles. The van der Waals surface area contributed by atoms with Crippen molar-refractivity contribution in [1.29, 1.82) is 0 Å². The number of hydrogen-bond donors (Lipinski definition) is 0. The van der Waals surface area contributed by atoms with E-state index in [1.165, 1.54) is 120 Å². The normalized spacial score (nSPS) is 11.9. The Kier molecular flexibility index (Phi) is 13.1. The highest BCUT2D eigenvalue weighted by Crippen LogP contribution is 2.53. The van der Waals surface area contributed by atoms with Gasteiger partial charge in [-0.2, -0.15) is 0 Å². The summed E-state index contributed by atoms with van der Waals surface area (Å²) < 4.78 is 13.8. The van der Waals surface area contributed by atoms with E-state index in [1.807, 2.05) is 0 Å². The van der Waals surface area contributed by atoms with Crippen LogP contribution in [-0.2, 0) is 0 Å². The maximum absolute atomic E-state index is 7.21. The van der Waals surface area contributed by atoms with Crippen LogP contribution in [0.15, 0.2) is 373 Å². The molecule has 0 unspecified atom stereocenters. The molecule has 0 bridgehead atoms. The van der Waals surface area contributed by atoms with Gasteiger partial charge < -0.3 is 8.83 Å². The molecule has 0 saturated heterocycles. The first-order valence-electron chi connectivity index (χ1n) is 35.2. The Balaban J connectivity index is 0.739. The highest BCUT2D eigenvalue weighted by molar-refractivity contribution is 6.27. The van der Waals surface area contributed by atoms with Gasteiger partial charge in [0.15, 0.2) is 0 Å². The van der Waals surface area contributed by atoms with Crippen LogP contribution in [0.4, 0.5) is 0 Å². The molecular formula is C100H60O2. The van der Waals surface area contributed by atoms with Gasteiger partial charge in [-0.3, -0.25) is 0 Å². The quantitative estimate of drug-likeness (QED) is 0.135. The Morgan fingerprint density at radius 2 is 0.549 bits per heavy atom. The van der Waals surface area contributed by atoms with Crippen molar-refractivity contribution in [3.63, 3.8) is 0 Å². The van der Waals surface area contributed by atoms with Crippen LogP contribution in [0, 0.1) is 0 Å². The molecule has 0 spiro atoms. The number of hydrogen-bond acceptors (Lipinski definition) is 2. The Morgan fingerprint density at radius 3 is 1.18 bits per heavy atom. The fourth-order valence-corrected chi connectivity index (χ4v) is 17.2. The average Bonchev–Trinajstić information content (AvgIpc) is 1.11.